The molecule has 4 nitrogen and oxygen atoms in total. The van der Waals surface area contributed by atoms with Crippen LogP contribution in [0.5, 0.6) is 0 Å². The third-order valence-electron chi connectivity index (χ3n) is 4.34. The van der Waals surface area contributed by atoms with Gasteiger partial charge in [-0.2, -0.15) is 0 Å². The minimum absolute atomic E-state index is 0.0500. The normalized spacial score (nSPS) is 18.3. The van der Waals surface area contributed by atoms with Crippen molar-refractivity contribution in [1.29, 1.82) is 0 Å². The Morgan fingerprint density at radius 1 is 1.12 bits per heavy atom. The maximum atomic E-state index is 12.2. The summed E-state index contributed by atoms with van der Waals surface area (Å²) in [6.07, 6.45) is -0.435. The number of nitrogens with zero attached hydrogens (tertiary/aromatic N) is 1. The van der Waals surface area contributed by atoms with Gasteiger partial charge in [0.1, 0.15) is 6.10 Å². The van der Waals surface area contributed by atoms with Gasteiger partial charge in [-0.25, -0.2) is 4.79 Å². The molecule has 1 aliphatic heterocycles. The summed E-state index contributed by atoms with van der Waals surface area (Å²) in [6, 6.07) is 15.2. The molecule has 132 valence electrons. The van der Waals surface area contributed by atoms with Crippen LogP contribution in [-0.2, 0) is 11.3 Å². The summed E-state index contributed by atoms with van der Waals surface area (Å²) < 4.78 is 5.47. The predicted octanol–water partition coefficient (Wildman–Crippen LogP) is 4.67. The molecule has 1 aliphatic rings. The van der Waals surface area contributed by atoms with E-state index < -0.39 is 0 Å². The second-order valence-electron chi connectivity index (χ2n) is 6.14. The van der Waals surface area contributed by atoms with Crippen LogP contribution in [0.15, 0.2) is 48.5 Å². The maximum Gasteiger partial charge on any atom is 0.410 e. The summed E-state index contributed by atoms with van der Waals surface area (Å²) in [7, 11) is 0. The molecule has 25 heavy (non-hydrogen) atoms. The first kappa shape index (κ1) is 18.1. The van der Waals surface area contributed by atoms with Crippen LogP contribution in [-0.4, -0.2) is 30.2 Å². The zero-order chi connectivity index (χ0) is 17.8. The van der Waals surface area contributed by atoms with Crippen molar-refractivity contribution in [3.8, 4) is 0 Å². The number of carbonyl (C=O) groups excluding carboxylic acids is 1. The summed E-state index contributed by atoms with van der Waals surface area (Å²) in [6.45, 7) is 3.88. The molecule has 1 heterocycles. The molecule has 2 aromatic carbocycles. The second-order valence-corrected chi connectivity index (χ2v) is 7.02. The second kappa shape index (κ2) is 8.09. The Balaban J connectivity index is 1.51. The lowest BCUT2D eigenvalue weighted by Crippen LogP contribution is -2.32. The summed E-state index contributed by atoms with van der Waals surface area (Å²) in [5.74, 6) is 0. The lowest BCUT2D eigenvalue weighted by Gasteiger charge is -2.22. The molecule has 0 spiro atoms. The molecule has 2 aromatic rings. The molecule has 0 aliphatic carbocycles. The monoisotopic (exact) mass is 378 g/mol. The fraction of sp³-hybridized carbons (Fsp3) is 0.316. The van der Waals surface area contributed by atoms with Gasteiger partial charge in [0.15, 0.2) is 0 Å². The van der Waals surface area contributed by atoms with Crippen molar-refractivity contribution in [2.75, 3.05) is 13.1 Å². The van der Waals surface area contributed by atoms with Gasteiger partial charge in [-0.1, -0.05) is 47.5 Å². The van der Waals surface area contributed by atoms with E-state index in [0.717, 1.165) is 16.1 Å². The topological polar surface area (TPSA) is 41.6 Å². The van der Waals surface area contributed by atoms with E-state index in [0.29, 0.717) is 24.7 Å². The number of hydrogen-bond acceptors (Lipinski definition) is 3. The first-order valence-corrected chi connectivity index (χ1v) is 8.96. The predicted molar refractivity (Wildman–Crippen MR) is 100 cm³/mol. The first-order chi connectivity index (χ1) is 12.0. The molecule has 0 unspecified atom stereocenters. The van der Waals surface area contributed by atoms with Crippen molar-refractivity contribution in [2.45, 2.75) is 25.6 Å². The molecule has 0 aromatic heterocycles. The van der Waals surface area contributed by atoms with E-state index in [2.05, 4.69) is 5.32 Å². The minimum Gasteiger partial charge on any atom is -0.443 e. The van der Waals surface area contributed by atoms with E-state index in [1.807, 2.05) is 55.5 Å². The Bertz CT molecular complexity index is 719. The maximum absolute atomic E-state index is 12.2. The highest BCUT2D eigenvalue weighted by molar-refractivity contribution is 6.30. The molecule has 1 amide bonds. The van der Waals surface area contributed by atoms with Crippen LogP contribution >= 0.6 is 23.2 Å². The number of halogens is 2. The van der Waals surface area contributed by atoms with Crippen LogP contribution in [0.2, 0.25) is 10.0 Å². The average Bonchev–Trinajstić information content (AvgIpc) is 2.97. The Labute approximate surface area is 157 Å². The molecule has 0 saturated carbocycles. The van der Waals surface area contributed by atoms with Gasteiger partial charge in [0, 0.05) is 23.1 Å². The highest BCUT2D eigenvalue weighted by Crippen LogP contribution is 2.26. The molecule has 1 fully saturated rings. The molecular formula is C19H20Cl2N2O2. The molecule has 3 rings (SSSR count). The fourth-order valence-electron chi connectivity index (χ4n) is 2.86. The van der Waals surface area contributed by atoms with Crippen LogP contribution < -0.4 is 5.32 Å². The van der Waals surface area contributed by atoms with Crippen LogP contribution in [0, 0.1) is 0 Å². The van der Waals surface area contributed by atoms with E-state index in [9.17, 15) is 4.79 Å². The van der Waals surface area contributed by atoms with Gasteiger partial charge in [0.25, 0.3) is 0 Å². The van der Waals surface area contributed by atoms with Gasteiger partial charge in [0.05, 0.1) is 12.6 Å². The number of ether oxygens (including phenoxy) is 1. The number of nitrogens with one attached hydrogen (secondary N) is 1. The van der Waals surface area contributed by atoms with Gasteiger partial charge < -0.3 is 10.1 Å². The molecule has 0 bridgehead atoms. The van der Waals surface area contributed by atoms with Gasteiger partial charge in [-0.15, -0.1) is 0 Å². The van der Waals surface area contributed by atoms with Gasteiger partial charge in [0.2, 0.25) is 0 Å². The third kappa shape index (κ3) is 4.66. The van der Waals surface area contributed by atoms with E-state index >= 15 is 0 Å². The van der Waals surface area contributed by atoms with E-state index in [1.165, 1.54) is 0 Å². The highest BCUT2D eigenvalue weighted by Gasteiger charge is 2.34. The summed E-state index contributed by atoms with van der Waals surface area (Å²) in [5, 5.41) is 4.73. The standard InChI is InChI=1S/C19H20Cl2N2O2/c1-13(15-4-8-17(21)9-5-15)23-12-18(25-19(23)24)11-22-10-14-2-6-16(20)7-3-14/h2-9,13,18,22H,10-12H2,1H3/t13-,18+/m0/s1. The summed E-state index contributed by atoms with van der Waals surface area (Å²) in [5.41, 5.74) is 2.18. The van der Waals surface area contributed by atoms with Crippen molar-refractivity contribution >= 4 is 29.3 Å². The van der Waals surface area contributed by atoms with Crippen LogP contribution in [0.1, 0.15) is 24.1 Å². The number of cyclic esters (lactones) is 1. The Kier molecular flexibility index (Phi) is 5.84. The van der Waals surface area contributed by atoms with Crippen LogP contribution in [0.4, 0.5) is 4.79 Å². The van der Waals surface area contributed by atoms with E-state index in [-0.39, 0.29) is 18.2 Å². The number of amides is 1. The van der Waals surface area contributed by atoms with Crippen molar-refractivity contribution in [1.82, 2.24) is 10.2 Å². The van der Waals surface area contributed by atoms with Crippen LogP contribution in [0.25, 0.3) is 0 Å². The number of hydrogen-bond donors (Lipinski definition) is 1. The van der Waals surface area contributed by atoms with Gasteiger partial charge in [-0.3, -0.25) is 4.90 Å². The Morgan fingerprint density at radius 3 is 2.36 bits per heavy atom. The molecule has 2 atom stereocenters. The third-order valence-corrected chi connectivity index (χ3v) is 4.84. The zero-order valence-electron chi connectivity index (χ0n) is 13.9. The molecule has 6 heteroatoms. The number of carbonyl (C=O) groups is 1. The Hall–Kier alpha value is -1.75. The number of benzene rings is 2. The highest BCUT2D eigenvalue weighted by atomic mass is 35.5. The quantitative estimate of drug-likeness (QED) is 0.794. The Morgan fingerprint density at radius 2 is 1.72 bits per heavy atom. The van der Waals surface area contributed by atoms with Gasteiger partial charge >= 0.3 is 6.09 Å². The van der Waals surface area contributed by atoms with Crippen molar-refractivity contribution < 1.29 is 9.53 Å². The van der Waals surface area contributed by atoms with Crippen molar-refractivity contribution in [3.63, 3.8) is 0 Å². The lowest BCUT2D eigenvalue weighted by molar-refractivity contribution is 0.128. The molecule has 1 saturated heterocycles. The molecule has 1 N–H and O–H groups in total. The minimum atomic E-state index is -0.277. The van der Waals surface area contributed by atoms with Crippen LogP contribution in [0.3, 0.4) is 0 Å². The SMILES string of the molecule is C[C@@H](c1ccc(Cl)cc1)N1C[C@@H](CNCc2ccc(Cl)cc2)OC1=O. The average molecular weight is 379 g/mol. The smallest absolute Gasteiger partial charge is 0.410 e. The van der Waals surface area contributed by atoms with Gasteiger partial charge in [-0.05, 0) is 42.3 Å². The molecular weight excluding hydrogens is 359 g/mol. The largest absolute Gasteiger partial charge is 0.443 e. The van der Waals surface area contributed by atoms with Crippen molar-refractivity contribution in [3.05, 3.63) is 69.7 Å². The van der Waals surface area contributed by atoms with E-state index in [1.54, 1.807) is 4.90 Å². The molecule has 0 radical (unpaired) electrons. The fourth-order valence-corrected chi connectivity index (χ4v) is 3.12. The summed E-state index contributed by atoms with van der Waals surface area (Å²) >= 11 is 11.8. The zero-order valence-corrected chi connectivity index (χ0v) is 15.4. The van der Waals surface area contributed by atoms with E-state index in [4.69, 9.17) is 27.9 Å². The van der Waals surface area contributed by atoms with Crippen molar-refractivity contribution in [2.24, 2.45) is 0 Å². The summed E-state index contributed by atoms with van der Waals surface area (Å²) in [4.78, 5) is 13.9. The lowest BCUT2D eigenvalue weighted by atomic mass is 10.1. The first-order valence-electron chi connectivity index (χ1n) is 8.21. The number of rotatable bonds is 6.